The van der Waals surface area contributed by atoms with Crippen LogP contribution in [0.15, 0.2) is 47.4 Å². The van der Waals surface area contributed by atoms with Crippen LogP contribution < -0.4 is 9.46 Å². The molecular weight excluding hydrogens is 386 g/mol. The van der Waals surface area contributed by atoms with Gasteiger partial charge in [0.15, 0.2) is 5.78 Å². The predicted octanol–water partition coefficient (Wildman–Crippen LogP) is 5.74. The van der Waals surface area contributed by atoms with Crippen molar-refractivity contribution >= 4 is 21.5 Å². The summed E-state index contributed by atoms with van der Waals surface area (Å²) >= 11 is 0. The van der Waals surface area contributed by atoms with Gasteiger partial charge in [0.1, 0.15) is 5.75 Å². The Morgan fingerprint density at radius 2 is 1.72 bits per heavy atom. The van der Waals surface area contributed by atoms with Crippen LogP contribution in [0, 0.1) is 6.92 Å². The third-order valence-electron chi connectivity index (χ3n) is 4.68. The average molecular weight is 418 g/mol. The maximum Gasteiger partial charge on any atom is 0.262 e. The van der Waals surface area contributed by atoms with Gasteiger partial charge in [-0.15, -0.1) is 0 Å². The van der Waals surface area contributed by atoms with Crippen LogP contribution in [0.25, 0.3) is 0 Å². The normalized spacial score (nSPS) is 11.3. The molecule has 0 amide bonds. The summed E-state index contributed by atoms with van der Waals surface area (Å²) in [6, 6.07) is 11.5. The Morgan fingerprint density at radius 3 is 2.45 bits per heavy atom. The second-order valence-electron chi connectivity index (χ2n) is 7.30. The van der Waals surface area contributed by atoms with E-state index in [0.29, 0.717) is 17.9 Å². The number of hydrogen-bond donors (Lipinski definition) is 1. The summed E-state index contributed by atoms with van der Waals surface area (Å²) in [5, 5.41) is 0. The highest BCUT2D eigenvalue weighted by Gasteiger charge is 2.18. The number of ether oxygens (including phenoxy) is 1. The summed E-state index contributed by atoms with van der Waals surface area (Å²) in [7, 11) is -3.83. The fraction of sp³-hybridized carbons (Fsp3) is 0.435. The molecule has 0 aliphatic rings. The number of anilines is 1. The minimum Gasteiger partial charge on any atom is -0.494 e. The molecule has 0 spiro atoms. The summed E-state index contributed by atoms with van der Waals surface area (Å²) in [6.07, 6.45) is 7.00. The Hall–Kier alpha value is -2.34. The van der Waals surface area contributed by atoms with Gasteiger partial charge in [0, 0.05) is 11.6 Å². The molecule has 0 saturated heterocycles. The highest BCUT2D eigenvalue weighted by Crippen LogP contribution is 2.24. The minimum atomic E-state index is -3.83. The zero-order valence-corrected chi connectivity index (χ0v) is 18.3. The third kappa shape index (κ3) is 7.20. The van der Waals surface area contributed by atoms with E-state index in [4.69, 9.17) is 4.74 Å². The van der Waals surface area contributed by atoms with E-state index in [1.54, 1.807) is 30.3 Å². The zero-order valence-electron chi connectivity index (χ0n) is 17.5. The van der Waals surface area contributed by atoms with E-state index < -0.39 is 10.0 Å². The van der Waals surface area contributed by atoms with Crippen LogP contribution in [0.1, 0.15) is 68.3 Å². The number of ketones is 1. The van der Waals surface area contributed by atoms with E-state index in [-0.39, 0.29) is 16.4 Å². The van der Waals surface area contributed by atoms with Gasteiger partial charge in [-0.05, 0) is 44.5 Å². The largest absolute Gasteiger partial charge is 0.494 e. The minimum absolute atomic E-state index is 0.105. The SMILES string of the molecule is CCCCCCCCOc1cccc(S(=O)(=O)Nc2ccc(C)cc2C(C)=O)c1. The van der Waals surface area contributed by atoms with Gasteiger partial charge in [-0.3, -0.25) is 9.52 Å². The number of aryl methyl sites for hydroxylation is 1. The lowest BCUT2D eigenvalue weighted by Crippen LogP contribution is -2.15. The molecule has 0 aliphatic carbocycles. The number of rotatable bonds is 12. The first kappa shape index (κ1) is 22.9. The highest BCUT2D eigenvalue weighted by atomic mass is 32.2. The fourth-order valence-electron chi connectivity index (χ4n) is 3.05. The maximum atomic E-state index is 12.8. The molecule has 158 valence electrons. The number of carbonyl (C=O) groups is 1. The van der Waals surface area contributed by atoms with Crippen molar-refractivity contribution in [1.29, 1.82) is 0 Å². The van der Waals surface area contributed by atoms with Gasteiger partial charge in [-0.2, -0.15) is 0 Å². The summed E-state index contributed by atoms with van der Waals surface area (Å²) in [5.41, 5.74) is 1.52. The maximum absolute atomic E-state index is 12.8. The molecule has 6 heteroatoms. The average Bonchev–Trinajstić information content (AvgIpc) is 2.68. The van der Waals surface area contributed by atoms with Gasteiger partial charge in [-0.25, -0.2) is 8.42 Å². The zero-order chi connectivity index (χ0) is 21.3. The molecular formula is C23H31NO4S. The smallest absolute Gasteiger partial charge is 0.262 e. The Bertz CT molecular complexity index is 922. The van der Waals surface area contributed by atoms with Gasteiger partial charge in [0.05, 0.1) is 17.2 Å². The molecule has 0 aromatic heterocycles. The number of Topliss-reactive ketones (excluding diaryl/α,β-unsaturated/α-hetero) is 1. The van der Waals surface area contributed by atoms with Crippen LogP contribution in [-0.2, 0) is 10.0 Å². The molecule has 0 atom stereocenters. The standard InChI is InChI=1S/C23H31NO4S/c1-4-5-6-7-8-9-15-28-20-11-10-12-21(17-20)29(26,27)24-23-14-13-18(2)16-22(23)19(3)25/h10-14,16-17,24H,4-9,15H2,1-3H3. The van der Waals surface area contributed by atoms with Crippen LogP contribution in [0.5, 0.6) is 5.75 Å². The van der Waals surface area contributed by atoms with Crippen molar-refractivity contribution in [2.45, 2.75) is 64.2 Å². The molecule has 1 N–H and O–H groups in total. The van der Waals surface area contributed by atoms with Crippen LogP contribution >= 0.6 is 0 Å². The van der Waals surface area contributed by atoms with E-state index in [9.17, 15) is 13.2 Å². The molecule has 2 rings (SSSR count). The van der Waals surface area contributed by atoms with Crippen molar-refractivity contribution in [1.82, 2.24) is 0 Å². The fourth-order valence-corrected chi connectivity index (χ4v) is 4.16. The van der Waals surface area contributed by atoms with Crippen molar-refractivity contribution in [3.63, 3.8) is 0 Å². The quantitative estimate of drug-likeness (QED) is 0.353. The molecule has 0 radical (unpaired) electrons. The number of nitrogens with one attached hydrogen (secondary N) is 1. The summed E-state index contributed by atoms with van der Waals surface area (Å²) in [4.78, 5) is 12.0. The first-order valence-electron chi connectivity index (χ1n) is 10.2. The summed E-state index contributed by atoms with van der Waals surface area (Å²) in [5.74, 6) is 0.333. The van der Waals surface area contributed by atoms with Gasteiger partial charge in [-0.1, -0.05) is 56.7 Å². The predicted molar refractivity (Wildman–Crippen MR) is 117 cm³/mol. The molecule has 5 nitrogen and oxygen atoms in total. The second kappa shape index (κ2) is 11.0. The van der Waals surface area contributed by atoms with E-state index >= 15 is 0 Å². The van der Waals surface area contributed by atoms with Crippen molar-refractivity contribution in [2.75, 3.05) is 11.3 Å². The van der Waals surface area contributed by atoms with E-state index in [1.807, 2.05) is 6.92 Å². The first-order chi connectivity index (χ1) is 13.8. The van der Waals surface area contributed by atoms with Gasteiger partial charge in [0.2, 0.25) is 0 Å². The van der Waals surface area contributed by atoms with Crippen LogP contribution in [0.4, 0.5) is 5.69 Å². The van der Waals surface area contributed by atoms with E-state index in [0.717, 1.165) is 18.4 Å². The molecule has 29 heavy (non-hydrogen) atoms. The number of unbranched alkanes of at least 4 members (excludes halogenated alkanes) is 5. The Labute approximate surface area is 174 Å². The summed E-state index contributed by atoms with van der Waals surface area (Å²) in [6.45, 7) is 6.03. The van der Waals surface area contributed by atoms with Crippen LogP contribution in [0.3, 0.4) is 0 Å². The van der Waals surface area contributed by atoms with Crippen molar-refractivity contribution in [3.05, 3.63) is 53.6 Å². The lowest BCUT2D eigenvalue weighted by atomic mass is 10.1. The molecule has 0 bridgehead atoms. The van der Waals surface area contributed by atoms with Gasteiger partial charge < -0.3 is 4.74 Å². The topological polar surface area (TPSA) is 72.5 Å². The van der Waals surface area contributed by atoms with Crippen LogP contribution in [0.2, 0.25) is 0 Å². The monoisotopic (exact) mass is 417 g/mol. The molecule has 0 fully saturated rings. The molecule has 0 heterocycles. The highest BCUT2D eigenvalue weighted by molar-refractivity contribution is 7.92. The molecule has 2 aromatic carbocycles. The Kier molecular flexibility index (Phi) is 8.70. The van der Waals surface area contributed by atoms with Crippen molar-refractivity contribution in [3.8, 4) is 5.75 Å². The molecule has 0 aliphatic heterocycles. The van der Waals surface area contributed by atoms with E-state index in [1.165, 1.54) is 44.7 Å². The number of carbonyl (C=O) groups excluding carboxylic acids is 1. The third-order valence-corrected chi connectivity index (χ3v) is 6.04. The first-order valence-corrected chi connectivity index (χ1v) is 11.7. The molecule has 0 unspecified atom stereocenters. The van der Waals surface area contributed by atoms with Crippen molar-refractivity contribution < 1.29 is 17.9 Å². The van der Waals surface area contributed by atoms with Gasteiger partial charge >= 0.3 is 0 Å². The lowest BCUT2D eigenvalue weighted by molar-refractivity contribution is 0.101. The second-order valence-corrected chi connectivity index (χ2v) is 8.98. The van der Waals surface area contributed by atoms with E-state index in [2.05, 4.69) is 11.6 Å². The van der Waals surface area contributed by atoms with Crippen molar-refractivity contribution in [2.24, 2.45) is 0 Å². The van der Waals surface area contributed by atoms with Gasteiger partial charge in [0.25, 0.3) is 10.0 Å². The molecule has 2 aromatic rings. The Balaban J connectivity index is 2.03. The molecule has 0 saturated carbocycles. The lowest BCUT2D eigenvalue weighted by Gasteiger charge is -2.13. The summed E-state index contributed by atoms with van der Waals surface area (Å²) < 4.78 is 33.9. The number of benzene rings is 2. The Morgan fingerprint density at radius 1 is 1.00 bits per heavy atom. The number of hydrogen-bond acceptors (Lipinski definition) is 4. The number of sulfonamides is 1. The van der Waals surface area contributed by atoms with Crippen LogP contribution in [-0.4, -0.2) is 20.8 Å².